The Kier molecular flexibility index (Phi) is 4.66. The molecule has 1 atom stereocenters. The monoisotopic (exact) mass is 277 g/mol. The third-order valence-electron chi connectivity index (χ3n) is 3.10. The summed E-state index contributed by atoms with van der Waals surface area (Å²) in [5.41, 5.74) is 8.40. The van der Waals surface area contributed by atoms with Gasteiger partial charge < -0.3 is 10.2 Å². The lowest BCUT2D eigenvalue weighted by molar-refractivity contribution is 0.559. The first kappa shape index (κ1) is 14.2. The summed E-state index contributed by atoms with van der Waals surface area (Å²) in [6.07, 6.45) is 0.976. The van der Waals surface area contributed by atoms with Gasteiger partial charge in [0, 0.05) is 29.0 Å². The van der Waals surface area contributed by atoms with E-state index >= 15 is 0 Å². The van der Waals surface area contributed by atoms with E-state index in [2.05, 4.69) is 6.92 Å². The molecule has 0 radical (unpaired) electrons. The van der Waals surface area contributed by atoms with E-state index in [4.69, 9.17) is 10.2 Å². The minimum atomic E-state index is -0.284. The van der Waals surface area contributed by atoms with Crippen LogP contribution >= 0.6 is 11.8 Å². The number of hydrogen-bond acceptors (Lipinski definition) is 4. The molecule has 1 aromatic heterocycles. The Balaban J connectivity index is 2.24. The lowest BCUT2D eigenvalue weighted by Crippen LogP contribution is -2.21. The van der Waals surface area contributed by atoms with Gasteiger partial charge in [-0.2, -0.15) is 11.8 Å². The Morgan fingerprint density at radius 3 is 2.89 bits per heavy atom. The van der Waals surface area contributed by atoms with Crippen molar-refractivity contribution in [3.63, 3.8) is 0 Å². The number of rotatable bonds is 5. The number of hydrogen-bond donors (Lipinski definition) is 1. The van der Waals surface area contributed by atoms with Gasteiger partial charge in [0.15, 0.2) is 0 Å². The molecule has 0 aliphatic carbocycles. The van der Waals surface area contributed by atoms with Crippen LogP contribution < -0.4 is 11.4 Å². The second-order valence-electron chi connectivity index (χ2n) is 4.77. The summed E-state index contributed by atoms with van der Waals surface area (Å²) in [6.45, 7) is 4.07. The van der Waals surface area contributed by atoms with Crippen LogP contribution in [0.4, 0.5) is 0 Å². The predicted molar refractivity (Wildman–Crippen MR) is 81.6 cm³/mol. The Morgan fingerprint density at radius 1 is 1.37 bits per heavy atom. The molecule has 0 aliphatic heterocycles. The molecule has 1 unspecified atom stereocenters. The molecule has 0 saturated heterocycles. The zero-order chi connectivity index (χ0) is 13.8. The van der Waals surface area contributed by atoms with Crippen LogP contribution in [-0.4, -0.2) is 11.8 Å². The van der Waals surface area contributed by atoms with Crippen LogP contribution in [0, 0.1) is 6.92 Å². The van der Waals surface area contributed by atoms with Crippen molar-refractivity contribution in [2.24, 2.45) is 5.73 Å². The quantitative estimate of drug-likeness (QED) is 0.853. The molecule has 0 bridgehead atoms. The van der Waals surface area contributed by atoms with E-state index in [1.165, 1.54) is 0 Å². The van der Waals surface area contributed by atoms with Crippen LogP contribution in [0.15, 0.2) is 33.5 Å². The average Bonchev–Trinajstić information content (AvgIpc) is 2.37. The summed E-state index contributed by atoms with van der Waals surface area (Å²) in [4.78, 5) is 11.6. The topological polar surface area (TPSA) is 56.2 Å². The minimum absolute atomic E-state index is 0.221. The van der Waals surface area contributed by atoms with E-state index in [9.17, 15) is 4.79 Å². The molecule has 0 fully saturated rings. The summed E-state index contributed by atoms with van der Waals surface area (Å²) < 4.78 is 5.24. The fraction of sp³-hybridized carbons (Fsp3) is 0.400. The van der Waals surface area contributed by atoms with E-state index < -0.39 is 0 Å². The van der Waals surface area contributed by atoms with Gasteiger partial charge in [-0.1, -0.05) is 19.1 Å². The van der Waals surface area contributed by atoms with Crippen molar-refractivity contribution < 1.29 is 4.42 Å². The molecule has 102 valence electrons. The molecule has 0 saturated carbocycles. The van der Waals surface area contributed by atoms with Crippen molar-refractivity contribution in [3.05, 3.63) is 45.8 Å². The Hall–Kier alpha value is -1.26. The van der Waals surface area contributed by atoms with Crippen molar-refractivity contribution in [2.75, 3.05) is 5.75 Å². The minimum Gasteiger partial charge on any atom is -0.423 e. The zero-order valence-corrected chi connectivity index (χ0v) is 12.1. The summed E-state index contributed by atoms with van der Waals surface area (Å²) in [6, 6.07) is 7.76. The number of benzene rings is 1. The second kappa shape index (κ2) is 6.26. The van der Waals surface area contributed by atoms with E-state index in [0.29, 0.717) is 5.58 Å². The van der Waals surface area contributed by atoms with Gasteiger partial charge in [0.1, 0.15) is 5.58 Å². The largest absolute Gasteiger partial charge is 0.423 e. The van der Waals surface area contributed by atoms with Gasteiger partial charge in [0.05, 0.1) is 0 Å². The zero-order valence-electron chi connectivity index (χ0n) is 11.3. The molecule has 2 N–H and O–H groups in total. The molecular formula is C15H19NO2S. The molecule has 1 heterocycles. The van der Waals surface area contributed by atoms with Crippen LogP contribution in [-0.2, 0) is 5.75 Å². The number of nitrogens with two attached hydrogens (primary N) is 1. The lowest BCUT2D eigenvalue weighted by atomic mass is 10.1. The maximum Gasteiger partial charge on any atom is 0.336 e. The Labute approximate surface area is 117 Å². The highest BCUT2D eigenvalue weighted by Crippen LogP contribution is 2.22. The van der Waals surface area contributed by atoms with Crippen molar-refractivity contribution in [1.29, 1.82) is 0 Å². The molecule has 4 heteroatoms. The highest BCUT2D eigenvalue weighted by molar-refractivity contribution is 7.98. The number of thioether (sulfide) groups is 1. The van der Waals surface area contributed by atoms with Crippen LogP contribution in [0.25, 0.3) is 11.0 Å². The molecule has 0 spiro atoms. The standard InChI is InChI=1S/C15H19NO2S/c1-3-12(16)9-19-8-11-7-15(17)18-14-6-10(2)4-5-13(11)14/h4-7,12H,3,8-9,16H2,1-2H3. The van der Waals surface area contributed by atoms with Crippen molar-refractivity contribution >= 4 is 22.7 Å². The SMILES string of the molecule is CCC(N)CSCc1cc(=O)oc2cc(C)ccc12. The lowest BCUT2D eigenvalue weighted by Gasteiger charge is -2.09. The van der Waals surface area contributed by atoms with Crippen molar-refractivity contribution in [1.82, 2.24) is 0 Å². The third kappa shape index (κ3) is 3.61. The normalized spacial score (nSPS) is 12.8. The van der Waals surface area contributed by atoms with Gasteiger partial charge >= 0.3 is 5.63 Å². The maximum absolute atomic E-state index is 11.6. The Morgan fingerprint density at radius 2 is 2.16 bits per heavy atom. The van der Waals surface area contributed by atoms with Crippen LogP contribution in [0.2, 0.25) is 0 Å². The van der Waals surface area contributed by atoms with Crippen molar-refractivity contribution in [2.45, 2.75) is 32.1 Å². The Bertz CT molecular complexity index is 621. The molecular weight excluding hydrogens is 258 g/mol. The molecule has 1 aromatic carbocycles. The van der Waals surface area contributed by atoms with E-state index in [1.54, 1.807) is 17.8 Å². The third-order valence-corrected chi connectivity index (χ3v) is 4.28. The van der Waals surface area contributed by atoms with Gasteiger partial charge in [-0.05, 0) is 30.5 Å². The van der Waals surface area contributed by atoms with E-state index in [-0.39, 0.29) is 11.7 Å². The van der Waals surface area contributed by atoms with Gasteiger partial charge in [0.2, 0.25) is 0 Å². The molecule has 2 rings (SSSR count). The van der Waals surface area contributed by atoms with Crippen LogP contribution in [0.3, 0.4) is 0 Å². The smallest absolute Gasteiger partial charge is 0.336 e. The van der Waals surface area contributed by atoms with Gasteiger partial charge in [0.25, 0.3) is 0 Å². The second-order valence-corrected chi connectivity index (χ2v) is 5.80. The van der Waals surface area contributed by atoms with Gasteiger partial charge in [-0.25, -0.2) is 4.79 Å². The average molecular weight is 277 g/mol. The molecule has 3 nitrogen and oxygen atoms in total. The van der Waals surface area contributed by atoms with E-state index in [0.717, 1.165) is 34.4 Å². The first-order chi connectivity index (χ1) is 9.10. The highest BCUT2D eigenvalue weighted by atomic mass is 32.2. The fourth-order valence-electron chi connectivity index (χ4n) is 1.89. The molecule has 0 aliphatic rings. The number of fused-ring (bicyclic) bond motifs is 1. The maximum atomic E-state index is 11.6. The summed E-state index contributed by atoms with van der Waals surface area (Å²) in [5, 5.41) is 1.02. The molecule has 0 amide bonds. The van der Waals surface area contributed by atoms with E-state index in [1.807, 2.05) is 25.1 Å². The summed E-state index contributed by atoms with van der Waals surface area (Å²) in [7, 11) is 0. The molecule has 2 aromatic rings. The summed E-state index contributed by atoms with van der Waals surface area (Å²) in [5.74, 6) is 1.70. The first-order valence-electron chi connectivity index (χ1n) is 6.47. The number of aryl methyl sites for hydroxylation is 1. The van der Waals surface area contributed by atoms with Gasteiger partial charge in [-0.15, -0.1) is 0 Å². The van der Waals surface area contributed by atoms with Crippen molar-refractivity contribution in [3.8, 4) is 0 Å². The first-order valence-corrected chi connectivity index (χ1v) is 7.62. The highest BCUT2D eigenvalue weighted by Gasteiger charge is 2.07. The van der Waals surface area contributed by atoms with Crippen LogP contribution in [0.5, 0.6) is 0 Å². The fourth-order valence-corrected chi connectivity index (χ4v) is 3.01. The van der Waals surface area contributed by atoms with Gasteiger partial charge in [-0.3, -0.25) is 0 Å². The molecule has 19 heavy (non-hydrogen) atoms. The summed E-state index contributed by atoms with van der Waals surface area (Å²) >= 11 is 1.76. The van der Waals surface area contributed by atoms with Crippen LogP contribution in [0.1, 0.15) is 24.5 Å². The predicted octanol–water partition coefficient (Wildman–Crippen LogP) is 3.07.